The van der Waals surface area contributed by atoms with Crippen LogP contribution in [-0.4, -0.2) is 13.1 Å². The molecule has 2 aromatic heterocycles. The smallest absolute Gasteiger partial charge is 0.144 e. The summed E-state index contributed by atoms with van der Waals surface area (Å²) in [5.41, 5.74) is 5.17. The van der Waals surface area contributed by atoms with Crippen molar-refractivity contribution < 1.29 is 4.42 Å². The van der Waals surface area contributed by atoms with Gasteiger partial charge in [0, 0.05) is 22.5 Å². The summed E-state index contributed by atoms with van der Waals surface area (Å²) in [6.45, 7) is 11.6. The van der Waals surface area contributed by atoms with E-state index in [1.54, 1.807) is 0 Å². The minimum Gasteiger partial charge on any atom is -0.455 e. The van der Waals surface area contributed by atoms with E-state index in [2.05, 4.69) is 99.1 Å². The maximum Gasteiger partial charge on any atom is 0.144 e. The minimum atomic E-state index is -1.36. The number of benzene rings is 3. The first-order valence-electron chi connectivity index (χ1n) is 10.7. The summed E-state index contributed by atoms with van der Waals surface area (Å²) in [4.78, 5) is 4.65. The van der Waals surface area contributed by atoms with Crippen molar-refractivity contribution in [2.75, 3.05) is 0 Å². The summed E-state index contributed by atoms with van der Waals surface area (Å²) in [6, 6.07) is 22.0. The lowest BCUT2D eigenvalue weighted by atomic mass is 10.00. The molecule has 0 radical (unpaired) electrons. The summed E-state index contributed by atoms with van der Waals surface area (Å²) in [7, 11) is -1.36. The number of nitrogens with zero attached hydrogens (tertiary/aromatic N) is 1. The molecule has 5 aromatic rings. The Balaban J connectivity index is 1.75. The summed E-state index contributed by atoms with van der Waals surface area (Å²) in [5, 5.41) is 6.30. The van der Waals surface area contributed by atoms with E-state index in [9.17, 15) is 0 Å². The first kappa shape index (κ1) is 19.1. The second-order valence-corrected chi connectivity index (χ2v) is 14.7. The van der Waals surface area contributed by atoms with Crippen LogP contribution in [0.5, 0.6) is 0 Å². The summed E-state index contributed by atoms with van der Waals surface area (Å²) in [6.07, 6.45) is 1.90. The summed E-state index contributed by atoms with van der Waals surface area (Å²) < 4.78 is 6.44. The van der Waals surface area contributed by atoms with Gasteiger partial charge < -0.3 is 4.42 Å². The van der Waals surface area contributed by atoms with Crippen molar-refractivity contribution in [1.29, 1.82) is 0 Å². The van der Waals surface area contributed by atoms with Crippen molar-refractivity contribution in [3.05, 3.63) is 72.4 Å². The van der Waals surface area contributed by atoms with E-state index in [-0.39, 0.29) is 0 Å². The van der Waals surface area contributed by atoms with E-state index in [1.165, 1.54) is 26.9 Å². The number of hydrogen-bond acceptors (Lipinski definition) is 2. The fourth-order valence-corrected chi connectivity index (χ4v) is 5.33. The molecule has 0 fully saturated rings. The van der Waals surface area contributed by atoms with Crippen molar-refractivity contribution in [2.24, 2.45) is 0 Å². The zero-order valence-corrected chi connectivity index (χ0v) is 19.3. The fraction of sp³-hybridized carbons (Fsp3) is 0.222. The van der Waals surface area contributed by atoms with Gasteiger partial charge in [-0.15, -0.1) is 0 Å². The van der Waals surface area contributed by atoms with Gasteiger partial charge >= 0.3 is 0 Å². The zero-order chi connectivity index (χ0) is 21.0. The molecule has 0 saturated heterocycles. The van der Waals surface area contributed by atoms with Crippen LogP contribution in [0, 0.1) is 0 Å². The van der Waals surface area contributed by atoms with Gasteiger partial charge in [0.2, 0.25) is 0 Å². The predicted octanol–water partition coefficient (Wildman–Crippen LogP) is 7.47. The topological polar surface area (TPSA) is 26.0 Å². The highest BCUT2D eigenvalue weighted by atomic mass is 28.3. The number of fused-ring (bicyclic) bond motifs is 4. The molecule has 3 heteroatoms. The van der Waals surface area contributed by atoms with E-state index in [0.29, 0.717) is 5.92 Å². The predicted molar refractivity (Wildman–Crippen MR) is 132 cm³/mol. The molecule has 0 N–H and O–H groups in total. The molecule has 3 aromatic carbocycles. The van der Waals surface area contributed by atoms with Crippen LogP contribution < -0.4 is 5.19 Å². The molecule has 2 nitrogen and oxygen atoms in total. The lowest BCUT2D eigenvalue weighted by molar-refractivity contribution is 0.670. The van der Waals surface area contributed by atoms with Crippen LogP contribution in [0.15, 0.2) is 71.3 Å². The molecule has 0 amide bonds. The molecule has 0 atom stereocenters. The van der Waals surface area contributed by atoms with Crippen molar-refractivity contribution in [3.8, 4) is 11.3 Å². The van der Waals surface area contributed by atoms with Gasteiger partial charge in [0.25, 0.3) is 0 Å². The largest absolute Gasteiger partial charge is 0.455 e. The number of para-hydroxylation sites is 1. The number of hydrogen-bond donors (Lipinski definition) is 0. The molecule has 0 aliphatic heterocycles. The molecule has 150 valence electrons. The summed E-state index contributed by atoms with van der Waals surface area (Å²) >= 11 is 0. The van der Waals surface area contributed by atoms with Gasteiger partial charge in [-0.25, -0.2) is 0 Å². The number of aromatic nitrogens is 1. The van der Waals surface area contributed by atoms with Crippen LogP contribution in [-0.2, 0) is 0 Å². The fourth-order valence-electron chi connectivity index (χ4n) is 4.16. The molecule has 0 bridgehead atoms. The lowest BCUT2D eigenvalue weighted by Gasteiger charge is -2.17. The van der Waals surface area contributed by atoms with Gasteiger partial charge in [-0.2, -0.15) is 0 Å². The highest BCUT2D eigenvalue weighted by molar-refractivity contribution is 6.88. The Bertz CT molecular complexity index is 1410. The molecule has 0 saturated carbocycles. The minimum absolute atomic E-state index is 0.465. The Hall–Kier alpha value is -2.91. The Labute approximate surface area is 178 Å². The van der Waals surface area contributed by atoms with Gasteiger partial charge in [0.15, 0.2) is 0 Å². The molecule has 2 heterocycles. The van der Waals surface area contributed by atoms with Crippen LogP contribution in [0.1, 0.15) is 25.3 Å². The first-order valence-corrected chi connectivity index (χ1v) is 14.2. The average Bonchev–Trinajstić information content (AvgIpc) is 3.08. The molecule has 0 aliphatic carbocycles. The highest BCUT2D eigenvalue weighted by Crippen LogP contribution is 2.37. The maximum atomic E-state index is 6.44. The summed E-state index contributed by atoms with van der Waals surface area (Å²) in [5.74, 6) is 0.465. The SMILES string of the molecule is CC(C)c1ccnc(-c2cccc3c2oc2cc4cc([Si](C)(C)C)ccc4cc23)c1. The van der Waals surface area contributed by atoms with E-state index >= 15 is 0 Å². The highest BCUT2D eigenvalue weighted by Gasteiger charge is 2.18. The van der Waals surface area contributed by atoms with E-state index in [0.717, 1.165) is 27.8 Å². The third-order valence-electron chi connectivity index (χ3n) is 6.05. The van der Waals surface area contributed by atoms with Crippen LogP contribution in [0.2, 0.25) is 19.6 Å². The molecular weight excluding hydrogens is 382 g/mol. The van der Waals surface area contributed by atoms with Gasteiger partial charge in [0.1, 0.15) is 11.2 Å². The van der Waals surface area contributed by atoms with Gasteiger partial charge in [-0.05, 0) is 52.6 Å². The van der Waals surface area contributed by atoms with Gasteiger partial charge in [0.05, 0.1) is 13.8 Å². The zero-order valence-electron chi connectivity index (χ0n) is 18.3. The monoisotopic (exact) mass is 409 g/mol. The maximum absolute atomic E-state index is 6.44. The second-order valence-electron chi connectivity index (χ2n) is 9.57. The molecule has 0 spiro atoms. The van der Waals surface area contributed by atoms with E-state index < -0.39 is 8.07 Å². The van der Waals surface area contributed by atoms with E-state index in [4.69, 9.17) is 4.42 Å². The average molecular weight is 410 g/mol. The van der Waals surface area contributed by atoms with E-state index in [1.807, 2.05) is 6.20 Å². The molecule has 0 aliphatic rings. The standard InChI is InChI=1S/C27H27NOSi/c1-17(2)18-11-12-28-25(15-18)23-8-6-7-22-24-14-19-9-10-21(30(3,4)5)13-20(19)16-26(24)29-27(22)23/h6-17H,1-5H3. The third kappa shape index (κ3) is 3.14. The van der Waals surface area contributed by atoms with Crippen LogP contribution in [0.4, 0.5) is 0 Å². The third-order valence-corrected chi connectivity index (χ3v) is 8.09. The molecular formula is C27H27NOSi. The number of furan rings is 1. The normalized spacial score (nSPS) is 12.5. The second kappa shape index (κ2) is 6.81. The lowest BCUT2D eigenvalue weighted by Crippen LogP contribution is -2.37. The Morgan fingerprint density at radius 3 is 2.43 bits per heavy atom. The van der Waals surface area contributed by atoms with Gasteiger partial charge in [-0.1, -0.05) is 69.0 Å². The van der Waals surface area contributed by atoms with Crippen LogP contribution in [0.3, 0.4) is 0 Å². The molecule has 30 heavy (non-hydrogen) atoms. The number of pyridine rings is 1. The number of rotatable bonds is 3. The van der Waals surface area contributed by atoms with Crippen molar-refractivity contribution in [2.45, 2.75) is 39.4 Å². The van der Waals surface area contributed by atoms with Crippen molar-refractivity contribution in [3.63, 3.8) is 0 Å². The van der Waals surface area contributed by atoms with Crippen LogP contribution in [0.25, 0.3) is 44.0 Å². The Morgan fingerprint density at radius 2 is 1.67 bits per heavy atom. The molecule has 0 unspecified atom stereocenters. The van der Waals surface area contributed by atoms with Crippen LogP contribution >= 0.6 is 0 Å². The Morgan fingerprint density at radius 1 is 0.833 bits per heavy atom. The van der Waals surface area contributed by atoms with Crippen molar-refractivity contribution >= 4 is 46.0 Å². The quantitative estimate of drug-likeness (QED) is 0.289. The molecule has 5 rings (SSSR count). The first-order chi connectivity index (χ1) is 14.3. The van der Waals surface area contributed by atoms with Crippen molar-refractivity contribution in [1.82, 2.24) is 4.98 Å². The Kier molecular flexibility index (Phi) is 4.33. The van der Waals surface area contributed by atoms with Gasteiger partial charge in [-0.3, -0.25) is 4.98 Å².